The molecule has 32 heavy (non-hydrogen) atoms. The molecule has 0 spiro atoms. The minimum absolute atomic E-state index is 0.000170. The van der Waals surface area contributed by atoms with E-state index in [4.69, 9.17) is 9.47 Å². The van der Waals surface area contributed by atoms with E-state index in [-0.39, 0.29) is 11.9 Å². The molecule has 1 N–H and O–H groups in total. The molecular formula is C26H31N3O3. The quantitative estimate of drug-likeness (QED) is 0.451. The van der Waals surface area contributed by atoms with Gasteiger partial charge in [-0.25, -0.2) is 0 Å². The van der Waals surface area contributed by atoms with Crippen LogP contribution in [0, 0.1) is 6.92 Å². The van der Waals surface area contributed by atoms with Crippen LogP contribution < -0.4 is 9.47 Å². The van der Waals surface area contributed by atoms with Crippen molar-refractivity contribution in [1.29, 1.82) is 0 Å². The molecule has 0 saturated heterocycles. The van der Waals surface area contributed by atoms with Gasteiger partial charge in [0.05, 0.1) is 25.5 Å². The van der Waals surface area contributed by atoms with Crippen molar-refractivity contribution >= 4 is 5.91 Å². The fraction of sp³-hybridized carbons (Fsp3) is 0.385. The second kappa shape index (κ2) is 9.47. The first-order valence-electron chi connectivity index (χ1n) is 11.4. The van der Waals surface area contributed by atoms with Crippen molar-refractivity contribution in [3.8, 4) is 22.8 Å². The molecule has 6 heteroatoms. The second-order valence-electron chi connectivity index (χ2n) is 8.18. The molecule has 0 saturated carbocycles. The molecule has 0 bridgehead atoms. The van der Waals surface area contributed by atoms with Crippen molar-refractivity contribution in [1.82, 2.24) is 15.1 Å². The number of fused-ring (bicyclic) bond motifs is 1. The average Bonchev–Trinajstić information content (AvgIpc) is 3.34. The third-order valence-electron chi connectivity index (χ3n) is 5.99. The van der Waals surface area contributed by atoms with Crippen molar-refractivity contribution in [3.05, 3.63) is 64.8 Å². The van der Waals surface area contributed by atoms with Crippen LogP contribution in [-0.2, 0) is 0 Å². The van der Waals surface area contributed by atoms with E-state index in [1.54, 1.807) is 7.11 Å². The number of aromatic nitrogens is 2. The van der Waals surface area contributed by atoms with Gasteiger partial charge in [-0.15, -0.1) is 0 Å². The summed E-state index contributed by atoms with van der Waals surface area (Å²) in [5, 5.41) is 7.59. The number of nitrogens with one attached hydrogen (secondary N) is 1. The highest BCUT2D eigenvalue weighted by atomic mass is 16.5. The Balaban J connectivity index is 1.82. The standard InChI is InChI=1S/C26H31N3O3/c1-5-7-8-15-29-25(19-13-14-20(32-6-2)21(16-19)31-4)22-23(27-28-24(22)26(29)30)18-11-9-17(3)10-12-18/h9-14,16,25H,5-8,15H2,1-4H3,(H,27,28). The van der Waals surface area contributed by atoms with Gasteiger partial charge < -0.3 is 14.4 Å². The van der Waals surface area contributed by atoms with Gasteiger partial charge in [-0.2, -0.15) is 5.10 Å². The number of nitrogens with zero attached hydrogens (tertiary/aromatic N) is 2. The molecule has 3 aromatic rings. The number of H-pyrrole nitrogens is 1. The zero-order valence-corrected chi connectivity index (χ0v) is 19.3. The van der Waals surface area contributed by atoms with E-state index in [1.807, 2.05) is 30.0 Å². The van der Waals surface area contributed by atoms with Gasteiger partial charge in [0.1, 0.15) is 5.69 Å². The SMILES string of the molecule is CCCCCN1C(=O)c2[nH]nc(-c3ccc(C)cc3)c2C1c1ccc(OCC)c(OC)c1. The molecule has 0 aliphatic carbocycles. The van der Waals surface area contributed by atoms with Crippen LogP contribution >= 0.6 is 0 Å². The van der Waals surface area contributed by atoms with Crippen molar-refractivity contribution < 1.29 is 14.3 Å². The smallest absolute Gasteiger partial charge is 0.273 e. The molecule has 1 unspecified atom stereocenters. The molecule has 168 valence electrons. The van der Waals surface area contributed by atoms with Crippen molar-refractivity contribution in [2.75, 3.05) is 20.3 Å². The molecule has 1 aliphatic heterocycles. The zero-order chi connectivity index (χ0) is 22.7. The highest BCUT2D eigenvalue weighted by molar-refractivity contribution is 6.00. The molecule has 1 atom stereocenters. The Bertz CT molecular complexity index is 1090. The number of amides is 1. The summed E-state index contributed by atoms with van der Waals surface area (Å²) < 4.78 is 11.3. The molecule has 6 nitrogen and oxygen atoms in total. The topological polar surface area (TPSA) is 67.5 Å². The summed E-state index contributed by atoms with van der Waals surface area (Å²) in [4.78, 5) is 15.4. The maximum Gasteiger partial charge on any atom is 0.273 e. The highest BCUT2D eigenvalue weighted by Crippen LogP contribution is 2.44. The van der Waals surface area contributed by atoms with Gasteiger partial charge in [0, 0.05) is 17.7 Å². The van der Waals surface area contributed by atoms with Gasteiger partial charge in [0.15, 0.2) is 11.5 Å². The molecule has 0 fully saturated rings. The first kappa shape index (κ1) is 21.9. The number of methoxy groups -OCH3 is 1. The normalized spacial score (nSPS) is 15.2. The predicted octanol–water partition coefficient (Wildman–Crippen LogP) is 5.53. The Morgan fingerprint density at radius 3 is 2.53 bits per heavy atom. The zero-order valence-electron chi connectivity index (χ0n) is 19.3. The number of aromatic amines is 1. The van der Waals surface area contributed by atoms with Crippen LogP contribution in [0.3, 0.4) is 0 Å². The van der Waals surface area contributed by atoms with Gasteiger partial charge in [-0.3, -0.25) is 9.89 Å². The summed E-state index contributed by atoms with van der Waals surface area (Å²) in [5.74, 6) is 1.37. The summed E-state index contributed by atoms with van der Waals surface area (Å²) in [6, 6.07) is 14.0. The second-order valence-corrected chi connectivity index (χ2v) is 8.18. The highest BCUT2D eigenvalue weighted by Gasteiger charge is 2.42. The van der Waals surface area contributed by atoms with Crippen LogP contribution in [0.2, 0.25) is 0 Å². The number of unbranched alkanes of at least 4 members (excludes halogenated alkanes) is 2. The van der Waals surface area contributed by atoms with E-state index in [2.05, 4.69) is 48.3 Å². The monoisotopic (exact) mass is 433 g/mol. The third kappa shape index (κ3) is 3.97. The first-order chi connectivity index (χ1) is 15.6. The number of carbonyl (C=O) groups excluding carboxylic acids is 1. The van der Waals surface area contributed by atoms with Crippen molar-refractivity contribution in [2.24, 2.45) is 0 Å². The Labute approximate surface area is 189 Å². The summed E-state index contributed by atoms with van der Waals surface area (Å²) in [5.41, 5.74) is 5.51. The van der Waals surface area contributed by atoms with E-state index >= 15 is 0 Å². The number of ether oxygens (including phenoxy) is 2. The number of hydrogen-bond acceptors (Lipinski definition) is 4. The lowest BCUT2D eigenvalue weighted by Gasteiger charge is -2.27. The third-order valence-corrected chi connectivity index (χ3v) is 5.99. The lowest BCUT2D eigenvalue weighted by molar-refractivity contribution is 0.0740. The van der Waals surface area contributed by atoms with Crippen LogP contribution in [-0.4, -0.2) is 41.3 Å². The van der Waals surface area contributed by atoms with E-state index < -0.39 is 0 Å². The molecule has 0 radical (unpaired) electrons. The first-order valence-corrected chi connectivity index (χ1v) is 11.4. The van der Waals surface area contributed by atoms with Crippen LogP contribution in [0.25, 0.3) is 11.3 Å². The number of hydrogen-bond donors (Lipinski definition) is 1. The predicted molar refractivity (Wildman–Crippen MR) is 125 cm³/mol. The maximum absolute atomic E-state index is 13.4. The summed E-state index contributed by atoms with van der Waals surface area (Å²) >= 11 is 0. The van der Waals surface area contributed by atoms with E-state index in [9.17, 15) is 4.79 Å². The number of aryl methyl sites for hydroxylation is 1. The number of benzene rings is 2. The Hall–Kier alpha value is -3.28. The van der Waals surface area contributed by atoms with E-state index in [1.165, 1.54) is 5.56 Å². The molecule has 1 amide bonds. The lowest BCUT2D eigenvalue weighted by Crippen LogP contribution is -2.30. The van der Waals surface area contributed by atoms with Crippen molar-refractivity contribution in [3.63, 3.8) is 0 Å². The minimum Gasteiger partial charge on any atom is -0.493 e. The lowest BCUT2D eigenvalue weighted by atomic mass is 9.95. The van der Waals surface area contributed by atoms with Crippen LogP contribution in [0.15, 0.2) is 42.5 Å². The van der Waals surface area contributed by atoms with E-state index in [0.717, 1.165) is 41.6 Å². The van der Waals surface area contributed by atoms with Gasteiger partial charge in [-0.05, 0) is 38.0 Å². The largest absolute Gasteiger partial charge is 0.493 e. The summed E-state index contributed by atoms with van der Waals surface area (Å²) in [7, 11) is 1.64. The fourth-order valence-corrected chi connectivity index (χ4v) is 4.37. The summed E-state index contributed by atoms with van der Waals surface area (Å²) in [6.07, 6.45) is 3.15. The molecule has 1 aliphatic rings. The molecule has 1 aromatic heterocycles. The molecule has 4 rings (SSSR count). The Morgan fingerprint density at radius 1 is 1.06 bits per heavy atom. The van der Waals surface area contributed by atoms with Gasteiger partial charge in [0.2, 0.25) is 0 Å². The summed E-state index contributed by atoms with van der Waals surface area (Å²) in [6.45, 7) is 7.44. The van der Waals surface area contributed by atoms with Gasteiger partial charge in [-0.1, -0.05) is 55.7 Å². The van der Waals surface area contributed by atoms with Crippen molar-refractivity contribution in [2.45, 2.75) is 46.1 Å². The average molecular weight is 434 g/mol. The Morgan fingerprint density at radius 2 is 1.84 bits per heavy atom. The van der Waals surface area contributed by atoms with Gasteiger partial charge >= 0.3 is 0 Å². The minimum atomic E-state index is -0.228. The maximum atomic E-state index is 13.4. The fourth-order valence-electron chi connectivity index (χ4n) is 4.37. The molecule has 2 heterocycles. The van der Waals surface area contributed by atoms with Crippen LogP contribution in [0.5, 0.6) is 11.5 Å². The molecular weight excluding hydrogens is 402 g/mol. The molecule has 2 aromatic carbocycles. The van der Waals surface area contributed by atoms with Crippen LogP contribution in [0.1, 0.15) is 66.3 Å². The van der Waals surface area contributed by atoms with Crippen LogP contribution in [0.4, 0.5) is 0 Å². The number of rotatable bonds is 9. The Kier molecular flexibility index (Phi) is 6.49. The number of carbonyl (C=O) groups is 1. The van der Waals surface area contributed by atoms with E-state index in [0.29, 0.717) is 30.3 Å². The van der Waals surface area contributed by atoms with Gasteiger partial charge in [0.25, 0.3) is 5.91 Å².